The molecule has 0 bridgehead atoms. The van der Waals surface area contributed by atoms with Gasteiger partial charge in [0.05, 0.1) is 0 Å². The minimum absolute atomic E-state index is 0.236. The van der Waals surface area contributed by atoms with Crippen LogP contribution in [0.15, 0.2) is 24.3 Å². The van der Waals surface area contributed by atoms with E-state index in [1.807, 2.05) is 24.3 Å². The van der Waals surface area contributed by atoms with Crippen LogP contribution in [-0.2, 0) is 0 Å². The summed E-state index contributed by atoms with van der Waals surface area (Å²) in [5.41, 5.74) is 0. The lowest BCUT2D eigenvalue weighted by Gasteiger charge is -2.05. The van der Waals surface area contributed by atoms with Crippen LogP contribution < -0.4 is 0 Å². The van der Waals surface area contributed by atoms with E-state index < -0.39 is 6.04 Å². The highest BCUT2D eigenvalue weighted by Gasteiger charge is 2.17. The molecule has 0 N–H and O–H groups in total. The zero-order chi connectivity index (χ0) is 8.27. The van der Waals surface area contributed by atoms with Crippen molar-refractivity contribution in [3.63, 3.8) is 0 Å². The minimum Gasteiger partial charge on any atom is -0.264 e. The van der Waals surface area contributed by atoms with Gasteiger partial charge >= 0.3 is 0 Å². The van der Waals surface area contributed by atoms with Crippen molar-refractivity contribution in [1.82, 2.24) is 0 Å². The second-order valence-corrected chi connectivity index (χ2v) is 2.80. The molecule has 0 amide bonds. The molecule has 0 saturated carbocycles. The molecule has 1 rings (SSSR count). The molecule has 0 radical (unpaired) electrons. The van der Waals surface area contributed by atoms with E-state index in [9.17, 15) is 10.1 Å². The Bertz CT molecular complexity index is 196. The van der Waals surface area contributed by atoms with Gasteiger partial charge in [-0.3, -0.25) is 10.1 Å². The van der Waals surface area contributed by atoms with Gasteiger partial charge in [0.25, 0.3) is 0 Å². The predicted molar refractivity (Wildman–Crippen MR) is 42.8 cm³/mol. The summed E-state index contributed by atoms with van der Waals surface area (Å²) < 4.78 is 0. The summed E-state index contributed by atoms with van der Waals surface area (Å²) in [4.78, 5) is 10.0. The van der Waals surface area contributed by atoms with Crippen LogP contribution in [0.25, 0.3) is 0 Å². The molecule has 1 unspecified atom stereocenters. The SMILES string of the molecule is CC(CC1C=CC=C1)[N+](=O)[O-]. The first-order chi connectivity index (χ1) is 5.20. The molecule has 0 heterocycles. The summed E-state index contributed by atoms with van der Waals surface area (Å²) in [5.74, 6) is 0.274. The molecule has 0 saturated heterocycles. The number of hydrogen-bond acceptors (Lipinski definition) is 2. The summed E-state index contributed by atoms with van der Waals surface area (Å²) in [6.07, 6.45) is 8.44. The molecule has 3 heteroatoms. The van der Waals surface area contributed by atoms with E-state index in [2.05, 4.69) is 0 Å². The number of rotatable bonds is 3. The van der Waals surface area contributed by atoms with Crippen LogP contribution in [0.3, 0.4) is 0 Å². The van der Waals surface area contributed by atoms with Gasteiger partial charge in [0.15, 0.2) is 0 Å². The molecule has 0 aromatic heterocycles. The average molecular weight is 153 g/mol. The Labute approximate surface area is 65.6 Å². The van der Waals surface area contributed by atoms with Crippen LogP contribution in [0.5, 0.6) is 0 Å². The standard InChI is InChI=1S/C8H11NO2/c1-7(9(10)11)6-8-4-2-3-5-8/h2-5,7-8H,6H2,1H3. The first-order valence-corrected chi connectivity index (χ1v) is 3.68. The summed E-state index contributed by atoms with van der Waals surface area (Å²) in [5, 5.41) is 10.2. The van der Waals surface area contributed by atoms with Gasteiger partial charge in [-0.15, -0.1) is 0 Å². The van der Waals surface area contributed by atoms with Crippen molar-refractivity contribution in [2.45, 2.75) is 19.4 Å². The van der Waals surface area contributed by atoms with Gasteiger partial charge in [0, 0.05) is 24.2 Å². The molecule has 1 aliphatic carbocycles. The number of nitro groups is 1. The van der Waals surface area contributed by atoms with Crippen LogP contribution in [-0.4, -0.2) is 11.0 Å². The first kappa shape index (κ1) is 7.98. The number of hydrogen-bond donors (Lipinski definition) is 0. The first-order valence-electron chi connectivity index (χ1n) is 3.68. The molecule has 60 valence electrons. The summed E-state index contributed by atoms with van der Waals surface area (Å²) in [7, 11) is 0. The lowest BCUT2D eigenvalue weighted by atomic mass is 10.0. The van der Waals surface area contributed by atoms with Crippen molar-refractivity contribution < 1.29 is 4.92 Å². The van der Waals surface area contributed by atoms with E-state index in [0.29, 0.717) is 6.42 Å². The zero-order valence-corrected chi connectivity index (χ0v) is 6.43. The smallest absolute Gasteiger partial charge is 0.211 e. The maximum absolute atomic E-state index is 10.2. The third-order valence-electron chi connectivity index (χ3n) is 1.80. The Kier molecular flexibility index (Phi) is 2.41. The van der Waals surface area contributed by atoms with Crippen LogP contribution >= 0.6 is 0 Å². The summed E-state index contributed by atoms with van der Waals surface area (Å²) in [6.45, 7) is 1.64. The Hall–Kier alpha value is -1.12. The monoisotopic (exact) mass is 153 g/mol. The fourth-order valence-electron chi connectivity index (χ4n) is 1.11. The van der Waals surface area contributed by atoms with Crippen LogP contribution in [0, 0.1) is 16.0 Å². The molecule has 11 heavy (non-hydrogen) atoms. The van der Waals surface area contributed by atoms with Gasteiger partial charge in [-0.05, 0) is 0 Å². The van der Waals surface area contributed by atoms with Crippen LogP contribution in [0.1, 0.15) is 13.3 Å². The van der Waals surface area contributed by atoms with E-state index in [4.69, 9.17) is 0 Å². The lowest BCUT2D eigenvalue weighted by molar-refractivity contribution is -0.519. The zero-order valence-electron chi connectivity index (χ0n) is 6.43. The quantitative estimate of drug-likeness (QED) is 0.458. The molecule has 1 aliphatic rings. The molecular formula is C8H11NO2. The van der Waals surface area contributed by atoms with Crippen LogP contribution in [0.4, 0.5) is 0 Å². The van der Waals surface area contributed by atoms with E-state index in [1.165, 1.54) is 0 Å². The van der Waals surface area contributed by atoms with Gasteiger partial charge in [-0.2, -0.15) is 0 Å². The van der Waals surface area contributed by atoms with E-state index in [1.54, 1.807) is 6.92 Å². The maximum Gasteiger partial charge on any atom is 0.211 e. The molecule has 3 nitrogen and oxygen atoms in total. The number of nitrogens with zero attached hydrogens (tertiary/aromatic N) is 1. The minimum atomic E-state index is -0.438. The Morgan fingerprint density at radius 2 is 2.09 bits per heavy atom. The molecule has 0 aromatic carbocycles. The topological polar surface area (TPSA) is 43.1 Å². The van der Waals surface area contributed by atoms with E-state index >= 15 is 0 Å². The van der Waals surface area contributed by atoms with Crippen molar-refractivity contribution in [2.24, 2.45) is 5.92 Å². The second-order valence-electron chi connectivity index (χ2n) is 2.80. The van der Waals surface area contributed by atoms with Crippen molar-refractivity contribution in [1.29, 1.82) is 0 Å². The number of allylic oxidation sites excluding steroid dienone is 4. The second kappa shape index (κ2) is 3.32. The highest BCUT2D eigenvalue weighted by atomic mass is 16.6. The van der Waals surface area contributed by atoms with E-state index in [0.717, 1.165) is 0 Å². The van der Waals surface area contributed by atoms with Gasteiger partial charge in [0.1, 0.15) is 0 Å². The average Bonchev–Trinajstić information content (AvgIpc) is 2.39. The molecule has 1 atom stereocenters. The van der Waals surface area contributed by atoms with Crippen molar-refractivity contribution in [3.05, 3.63) is 34.4 Å². The maximum atomic E-state index is 10.2. The lowest BCUT2D eigenvalue weighted by Crippen LogP contribution is -2.17. The summed E-state index contributed by atoms with van der Waals surface area (Å²) in [6, 6.07) is -0.438. The van der Waals surface area contributed by atoms with Crippen molar-refractivity contribution >= 4 is 0 Å². The normalized spacial score (nSPS) is 19.0. The third kappa shape index (κ3) is 2.18. The van der Waals surface area contributed by atoms with Gasteiger partial charge in [0.2, 0.25) is 6.04 Å². The molecule has 0 spiro atoms. The molecule has 0 aromatic rings. The Morgan fingerprint density at radius 1 is 1.55 bits per heavy atom. The predicted octanol–water partition coefficient (Wildman–Crippen LogP) is 1.78. The summed E-state index contributed by atoms with van der Waals surface area (Å²) >= 11 is 0. The van der Waals surface area contributed by atoms with Gasteiger partial charge in [-0.1, -0.05) is 24.3 Å². The van der Waals surface area contributed by atoms with Crippen LogP contribution in [0.2, 0.25) is 0 Å². The molecule has 0 aliphatic heterocycles. The Balaban J connectivity index is 2.36. The highest BCUT2D eigenvalue weighted by molar-refractivity contribution is 5.17. The van der Waals surface area contributed by atoms with Crippen molar-refractivity contribution in [2.75, 3.05) is 0 Å². The third-order valence-corrected chi connectivity index (χ3v) is 1.80. The Morgan fingerprint density at radius 3 is 2.55 bits per heavy atom. The van der Waals surface area contributed by atoms with Crippen molar-refractivity contribution in [3.8, 4) is 0 Å². The molecule has 0 fully saturated rings. The highest BCUT2D eigenvalue weighted by Crippen LogP contribution is 2.16. The fourth-order valence-corrected chi connectivity index (χ4v) is 1.11. The fraction of sp³-hybridized carbons (Fsp3) is 0.500. The van der Waals surface area contributed by atoms with E-state index in [-0.39, 0.29) is 10.8 Å². The molecular weight excluding hydrogens is 142 g/mol. The van der Waals surface area contributed by atoms with Gasteiger partial charge < -0.3 is 0 Å². The largest absolute Gasteiger partial charge is 0.264 e. The van der Waals surface area contributed by atoms with Gasteiger partial charge in [-0.25, -0.2) is 0 Å².